The van der Waals surface area contributed by atoms with Gasteiger partial charge in [-0.1, -0.05) is 6.58 Å². The standard InChI is InChI=1S/C12H12O4/c1-8(2)7-16-10-5-3-9(4-6-10)11(13)12(14)15/h3-6H,1,7H2,2H3,(H,14,15). The SMILES string of the molecule is C=C(C)COc1ccc(C(=O)C(=O)O)cc1. The lowest BCUT2D eigenvalue weighted by Gasteiger charge is -2.05. The molecule has 1 N–H and O–H groups in total. The fourth-order valence-electron chi connectivity index (χ4n) is 1.03. The third kappa shape index (κ3) is 3.24. The summed E-state index contributed by atoms with van der Waals surface area (Å²) >= 11 is 0. The second-order valence-electron chi connectivity index (χ2n) is 3.40. The summed E-state index contributed by atoms with van der Waals surface area (Å²) < 4.78 is 5.30. The number of ether oxygens (including phenoxy) is 1. The summed E-state index contributed by atoms with van der Waals surface area (Å²) in [5, 5.41) is 8.49. The Balaban J connectivity index is 2.71. The molecule has 0 radical (unpaired) electrons. The zero-order valence-corrected chi connectivity index (χ0v) is 8.90. The Labute approximate surface area is 93.2 Å². The van der Waals surface area contributed by atoms with Gasteiger partial charge < -0.3 is 9.84 Å². The van der Waals surface area contributed by atoms with Crippen LogP contribution in [0.5, 0.6) is 5.75 Å². The van der Waals surface area contributed by atoms with Crippen LogP contribution in [-0.2, 0) is 4.79 Å². The lowest BCUT2D eigenvalue weighted by Crippen LogP contribution is -2.12. The molecule has 0 aliphatic rings. The van der Waals surface area contributed by atoms with Crippen LogP contribution in [-0.4, -0.2) is 23.5 Å². The molecule has 0 aliphatic heterocycles. The number of aliphatic carboxylic acids is 1. The van der Waals surface area contributed by atoms with E-state index in [0.29, 0.717) is 12.4 Å². The van der Waals surface area contributed by atoms with E-state index in [9.17, 15) is 9.59 Å². The van der Waals surface area contributed by atoms with Gasteiger partial charge in [0.05, 0.1) is 0 Å². The normalized spacial score (nSPS) is 9.56. The van der Waals surface area contributed by atoms with E-state index in [4.69, 9.17) is 9.84 Å². The predicted octanol–water partition coefficient (Wildman–Crippen LogP) is 1.91. The van der Waals surface area contributed by atoms with Crippen LogP contribution in [0.2, 0.25) is 0 Å². The molecule has 4 heteroatoms. The maximum absolute atomic E-state index is 11.1. The molecule has 0 fully saturated rings. The first-order valence-corrected chi connectivity index (χ1v) is 4.65. The van der Waals surface area contributed by atoms with Crippen molar-refractivity contribution < 1.29 is 19.4 Å². The summed E-state index contributed by atoms with van der Waals surface area (Å²) in [6.07, 6.45) is 0. The van der Waals surface area contributed by atoms with Crippen molar-refractivity contribution in [3.63, 3.8) is 0 Å². The summed E-state index contributed by atoms with van der Waals surface area (Å²) in [6.45, 7) is 5.91. The molecular formula is C12H12O4. The van der Waals surface area contributed by atoms with Gasteiger partial charge in [-0.05, 0) is 36.8 Å². The highest BCUT2D eigenvalue weighted by molar-refractivity contribution is 6.39. The monoisotopic (exact) mass is 220 g/mol. The Morgan fingerprint density at radius 1 is 1.31 bits per heavy atom. The van der Waals surface area contributed by atoms with Gasteiger partial charge in [0.15, 0.2) is 0 Å². The molecule has 1 aromatic carbocycles. The Morgan fingerprint density at radius 3 is 2.31 bits per heavy atom. The van der Waals surface area contributed by atoms with Gasteiger partial charge in [-0.2, -0.15) is 0 Å². The van der Waals surface area contributed by atoms with Crippen LogP contribution in [0, 0.1) is 0 Å². The molecule has 0 heterocycles. The van der Waals surface area contributed by atoms with Gasteiger partial charge in [0.1, 0.15) is 12.4 Å². The van der Waals surface area contributed by atoms with Gasteiger partial charge in [0.2, 0.25) is 0 Å². The second kappa shape index (κ2) is 5.11. The van der Waals surface area contributed by atoms with Crippen LogP contribution in [0.4, 0.5) is 0 Å². The van der Waals surface area contributed by atoms with Gasteiger partial charge in [0.25, 0.3) is 5.78 Å². The fourth-order valence-corrected chi connectivity index (χ4v) is 1.03. The Kier molecular flexibility index (Phi) is 3.83. The average molecular weight is 220 g/mol. The van der Waals surface area contributed by atoms with Gasteiger partial charge in [0, 0.05) is 5.56 Å². The minimum Gasteiger partial charge on any atom is -0.489 e. The summed E-state index contributed by atoms with van der Waals surface area (Å²) in [5.74, 6) is -1.81. The molecule has 0 amide bonds. The van der Waals surface area contributed by atoms with E-state index in [2.05, 4.69) is 6.58 Å². The van der Waals surface area contributed by atoms with E-state index >= 15 is 0 Å². The van der Waals surface area contributed by atoms with Crippen LogP contribution in [0.15, 0.2) is 36.4 Å². The van der Waals surface area contributed by atoms with E-state index in [1.165, 1.54) is 12.1 Å². The number of benzene rings is 1. The number of hydrogen-bond acceptors (Lipinski definition) is 3. The van der Waals surface area contributed by atoms with Gasteiger partial charge in [-0.25, -0.2) is 4.79 Å². The third-order valence-electron chi connectivity index (χ3n) is 1.80. The lowest BCUT2D eigenvalue weighted by atomic mass is 10.1. The van der Waals surface area contributed by atoms with Crippen molar-refractivity contribution in [2.24, 2.45) is 0 Å². The molecule has 0 spiro atoms. The number of carbonyl (C=O) groups is 2. The van der Waals surface area contributed by atoms with Crippen molar-refractivity contribution in [2.75, 3.05) is 6.61 Å². The highest BCUT2D eigenvalue weighted by atomic mass is 16.5. The number of hydrogen-bond donors (Lipinski definition) is 1. The van der Waals surface area contributed by atoms with Gasteiger partial charge >= 0.3 is 5.97 Å². The van der Waals surface area contributed by atoms with E-state index in [-0.39, 0.29) is 5.56 Å². The van der Waals surface area contributed by atoms with Crippen LogP contribution >= 0.6 is 0 Å². The van der Waals surface area contributed by atoms with E-state index < -0.39 is 11.8 Å². The molecule has 0 saturated carbocycles. The minimum atomic E-state index is -1.46. The zero-order chi connectivity index (χ0) is 12.1. The van der Waals surface area contributed by atoms with Crippen molar-refractivity contribution >= 4 is 11.8 Å². The zero-order valence-electron chi connectivity index (χ0n) is 8.90. The second-order valence-corrected chi connectivity index (χ2v) is 3.40. The van der Waals surface area contributed by atoms with Crippen molar-refractivity contribution in [2.45, 2.75) is 6.92 Å². The quantitative estimate of drug-likeness (QED) is 0.467. The Hall–Kier alpha value is -2.10. The largest absolute Gasteiger partial charge is 0.489 e. The lowest BCUT2D eigenvalue weighted by molar-refractivity contribution is -0.131. The van der Waals surface area contributed by atoms with Crippen LogP contribution in [0.1, 0.15) is 17.3 Å². The van der Waals surface area contributed by atoms with Crippen molar-refractivity contribution in [3.05, 3.63) is 42.0 Å². The summed E-state index contributed by atoms with van der Waals surface area (Å²) in [4.78, 5) is 21.5. The molecule has 0 aromatic heterocycles. The minimum absolute atomic E-state index is 0.134. The summed E-state index contributed by atoms with van der Waals surface area (Å²) in [7, 11) is 0. The van der Waals surface area contributed by atoms with Crippen LogP contribution in [0.25, 0.3) is 0 Å². The van der Waals surface area contributed by atoms with E-state index in [0.717, 1.165) is 5.57 Å². The third-order valence-corrected chi connectivity index (χ3v) is 1.80. The fraction of sp³-hybridized carbons (Fsp3) is 0.167. The smallest absolute Gasteiger partial charge is 0.377 e. The molecular weight excluding hydrogens is 208 g/mol. The molecule has 0 saturated heterocycles. The number of Topliss-reactive ketones (excluding diaryl/α,β-unsaturated/α-hetero) is 1. The van der Waals surface area contributed by atoms with Crippen molar-refractivity contribution in [3.8, 4) is 5.75 Å². The topological polar surface area (TPSA) is 63.6 Å². The summed E-state index contributed by atoms with van der Waals surface area (Å²) in [6, 6.07) is 5.95. The predicted molar refractivity (Wildman–Crippen MR) is 58.7 cm³/mol. The first kappa shape index (κ1) is 12.0. The average Bonchev–Trinajstić information content (AvgIpc) is 2.26. The molecule has 0 aliphatic carbocycles. The number of rotatable bonds is 5. The van der Waals surface area contributed by atoms with Crippen LogP contribution in [0.3, 0.4) is 0 Å². The summed E-state index contributed by atoms with van der Waals surface area (Å²) in [5.41, 5.74) is 1.01. The van der Waals surface area contributed by atoms with Crippen molar-refractivity contribution in [1.82, 2.24) is 0 Å². The van der Waals surface area contributed by atoms with Crippen molar-refractivity contribution in [1.29, 1.82) is 0 Å². The molecule has 16 heavy (non-hydrogen) atoms. The molecule has 84 valence electrons. The molecule has 4 nitrogen and oxygen atoms in total. The maximum Gasteiger partial charge on any atom is 0.377 e. The van der Waals surface area contributed by atoms with Crippen LogP contribution < -0.4 is 4.74 Å². The number of ketones is 1. The van der Waals surface area contributed by atoms with Gasteiger partial charge in [-0.15, -0.1) is 0 Å². The highest BCUT2D eigenvalue weighted by Gasteiger charge is 2.13. The molecule has 0 unspecified atom stereocenters. The molecule has 1 aromatic rings. The molecule has 0 bridgehead atoms. The highest BCUT2D eigenvalue weighted by Crippen LogP contribution is 2.13. The Morgan fingerprint density at radius 2 is 1.88 bits per heavy atom. The van der Waals surface area contributed by atoms with E-state index in [1.54, 1.807) is 12.1 Å². The number of carbonyl (C=O) groups excluding carboxylic acids is 1. The first-order chi connectivity index (χ1) is 7.50. The molecule has 0 atom stereocenters. The number of carboxylic acids is 1. The van der Waals surface area contributed by atoms with Gasteiger partial charge in [-0.3, -0.25) is 4.79 Å². The van der Waals surface area contributed by atoms with E-state index in [1.807, 2.05) is 6.92 Å². The number of carboxylic acid groups (broad SMARTS) is 1. The maximum atomic E-state index is 11.1. The Bertz CT molecular complexity index is 417. The first-order valence-electron chi connectivity index (χ1n) is 4.65. The molecule has 1 rings (SSSR count).